The van der Waals surface area contributed by atoms with Crippen LogP contribution in [0.15, 0.2) is 47.4 Å². The monoisotopic (exact) mass is 372 g/mol. The Morgan fingerprint density at radius 2 is 2.00 bits per heavy atom. The lowest BCUT2D eigenvalue weighted by Gasteiger charge is -2.17. The van der Waals surface area contributed by atoms with Gasteiger partial charge in [0.1, 0.15) is 10.1 Å². The number of nitrogens with zero attached hydrogens (tertiary/aromatic N) is 1. The third-order valence-corrected chi connectivity index (χ3v) is 5.25. The number of amides is 1. The van der Waals surface area contributed by atoms with Gasteiger partial charge in [-0.25, -0.2) is 4.39 Å². The molecule has 1 aliphatic rings. The number of benzene rings is 2. The van der Waals surface area contributed by atoms with Crippen LogP contribution in [0, 0.1) is 19.7 Å². The topological polar surface area (TPSA) is 32.3 Å². The molecule has 0 atom stereocenters. The molecule has 0 aliphatic carbocycles. The first-order valence-corrected chi connectivity index (χ1v) is 8.99. The maximum absolute atomic E-state index is 13.8. The first-order chi connectivity index (χ1) is 12.0. The molecule has 1 N–H and O–H groups in total. The van der Waals surface area contributed by atoms with Crippen molar-refractivity contribution in [2.75, 3.05) is 12.0 Å². The fourth-order valence-corrected chi connectivity index (χ4v) is 3.79. The van der Waals surface area contributed by atoms with Crippen LogP contribution in [-0.2, 0) is 4.79 Å². The van der Waals surface area contributed by atoms with Crippen molar-refractivity contribution in [1.29, 1.82) is 0 Å². The van der Waals surface area contributed by atoms with E-state index in [-0.39, 0.29) is 18.4 Å². The van der Waals surface area contributed by atoms with E-state index in [2.05, 4.69) is 11.4 Å². The van der Waals surface area contributed by atoms with Gasteiger partial charge in [0.05, 0.1) is 11.6 Å². The molecule has 2 aromatic rings. The number of carbonyl (C=O) groups is 1. The SMILES string of the molecule is Cc1ccc(NCN2C(=O)/C(=C/c3ccccc3F)SC2=S)c(C)c1. The van der Waals surface area contributed by atoms with Crippen LogP contribution < -0.4 is 5.32 Å². The summed E-state index contributed by atoms with van der Waals surface area (Å²) in [5.41, 5.74) is 3.62. The highest BCUT2D eigenvalue weighted by Gasteiger charge is 2.32. The van der Waals surface area contributed by atoms with E-state index in [9.17, 15) is 9.18 Å². The van der Waals surface area contributed by atoms with Gasteiger partial charge in [0, 0.05) is 11.3 Å². The minimum Gasteiger partial charge on any atom is -0.367 e. The highest BCUT2D eigenvalue weighted by atomic mass is 32.2. The molecular weight excluding hydrogens is 355 g/mol. The third kappa shape index (κ3) is 3.91. The number of thioether (sulfide) groups is 1. The lowest BCUT2D eigenvalue weighted by molar-refractivity contribution is -0.121. The molecule has 1 amide bonds. The van der Waals surface area contributed by atoms with Crippen LogP contribution in [0.5, 0.6) is 0 Å². The van der Waals surface area contributed by atoms with Crippen LogP contribution in [0.1, 0.15) is 16.7 Å². The van der Waals surface area contributed by atoms with Crippen LogP contribution in [0.2, 0.25) is 0 Å². The van der Waals surface area contributed by atoms with E-state index in [1.807, 2.05) is 26.0 Å². The van der Waals surface area contributed by atoms with E-state index in [0.29, 0.717) is 14.8 Å². The van der Waals surface area contributed by atoms with E-state index < -0.39 is 0 Å². The number of hydrogen-bond donors (Lipinski definition) is 1. The zero-order chi connectivity index (χ0) is 18.0. The standard InChI is InChI=1S/C19H17FN2OS2/c1-12-7-8-16(13(2)9-12)21-11-22-18(23)17(25-19(22)24)10-14-5-3-4-6-15(14)20/h3-10,21H,11H2,1-2H3/b17-10-. The average Bonchev–Trinajstić information content (AvgIpc) is 2.83. The third-order valence-electron chi connectivity index (χ3n) is 3.87. The molecule has 1 aliphatic heterocycles. The van der Waals surface area contributed by atoms with Crippen molar-refractivity contribution in [3.8, 4) is 0 Å². The second-order valence-electron chi connectivity index (χ2n) is 5.78. The van der Waals surface area contributed by atoms with E-state index in [1.54, 1.807) is 24.3 Å². The normalized spacial score (nSPS) is 16.0. The van der Waals surface area contributed by atoms with Gasteiger partial charge < -0.3 is 5.32 Å². The number of carbonyl (C=O) groups excluding carboxylic acids is 1. The molecule has 1 fully saturated rings. The molecule has 0 saturated carbocycles. The Balaban J connectivity index is 1.74. The number of rotatable bonds is 4. The number of anilines is 1. The average molecular weight is 372 g/mol. The van der Waals surface area contributed by atoms with Crippen LogP contribution in [0.3, 0.4) is 0 Å². The maximum Gasteiger partial charge on any atom is 0.267 e. The van der Waals surface area contributed by atoms with Crippen molar-refractivity contribution in [3.63, 3.8) is 0 Å². The Bertz CT molecular complexity index is 879. The predicted molar refractivity (Wildman–Crippen MR) is 106 cm³/mol. The first kappa shape index (κ1) is 17.6. The Labute approximate surface area is 155 Å². The zero-order valence-corrected chi connectivity index (χ0v) is 15.5. The fraction of sp³-hybridized carbons (Fsp3) is 0.158. The van der Waals surface area contributed by atoms with Crippen LogP contribution >= 0.6 is 24.0 Å². The molecule has 1 saturated heterocycles. The van der Waals surface area contributed by atoms with Gasteiger partial charge in [0.15, 0.2) is 0 Å². The summed E-state index contributed by atoms with van der Waals surface area (Å²) in [4.78, 5) is 14.5. The largest absolute Gasteiger partial charge is 0.367 e. The van der Waals surface area contributed by atoms with Gasteiger partial charge in [-0.05, 0) is 37.6 Å². The van der Waals surface area contributed by atoms with E-state index in [1.165, 1.54) is 28.3 Å². The van der Waals surface area contributed by atoms with Gasteiger partial charge in [-0.1, -0.05) is 59.9 Å². The molecule has 2 aromatic carbocycles. The van der Waals surface area contributed by atoms with Crippen molar-refractivity contribution in [2.24, 2.45) is 0 Å². The summed E-state index contributed by atoms with van der Waals surface area (Å²) < 4.78 is 14.2. The van der Waals surface area contributed by atoms with Crippen molar-refractivity contribution in [1.82, 2.24) is 4.90 Å². The highest BCUT2D eigenvalue weighted by molar-refractivity contribution is 8.26. The Morgan fingerprint density at radius 3 is 2.72 bits per heavy atom. The van der Waals surface area contributed by atoms with Crippen LogP contribution in [0.4, 0.5) is 10.1 Å². The minimum atomic E-state index is -0.360. The number of aryl methyl sites for hydroxylation is 2. The lowest BCUT2D eigenvalue weighted by Crippen LogP contribution is -2.33. The molecule has 3 nitrogen and oxygen atoms in total. The molecule has 128 valence electrons. The van der Waals surface area contributed by atoms with Gasteiger partial charge in [-0.3, -0.25) is 9.69 Å². The summed E-state index contributed by atoms with van der Waals surface area (Å²) in [5, 5.41) is 3.24. The van der Waals surface area contributed by atoms with E-state index in [4.69, 9.17) is 12.2 Å². The number of thiocarbonyl (C=S) groups is 1. The van der Waals surface area contributed by atoms with Gasteiger partial charge in [-0.2, -0.15) is 0 Å². The summed E-state index contributed by atoms with van der Waals surface area (Å²) in [6.45, 7) is 4.33. The van der Waals surface area contributed by atoms with Crippen molar-refractivity contribution in [2.45, 2.75) is 13.8 Å². The fourth-order valence-electron chi connectivity index (χ4n) is 2.55. The summed E-state index contributed by atoms with van der Waals surface area (Å²) in [5.74, 6) is -0.573. The summed E-state index contributed by atoms with van der Waals surface area (Å²) in [6.07, 6.45) is 1.55. The number of halogens is 1. The molecule has 0 bridgehead atoms. The molecule has 0 radical (unpaired) electrons. The van der Waals surface area contributed by atoms with Gasteiger partial charge in [0.2, 0.25) is 0 Å². The smallest absolute Gasteiger partial charge is 0.267 e. The lowest BCUT2D eigenvalue weighted by atomic mass is 10.1. The highest BCUT2D eigenvalue weighted by Crippen LogP contribution is 2.33. The van der Waals surface area contributed by atoms with Crippen molar-refractivity contribution < 1.29 is 9.18 Å². The van der Waals surface area contributed by atoms with E-state index in [0.717, 1.165) is 11.3 Å². The second kappa shape index (κ2) is 7.37. The quantitative estimate of drug-likeness (QED) is 0.622. The van der Waals surface area contributed by atoms with Crippen LogP contribution in [-0.4, -0.2) is 21.8 Å². The van der Waals surface area contributed by atoms with Gasteiger partial charge >= 0.3 is 0 Å². The van der Waals surface area contributed by atoms with Gasteiger partial charge in [-0.15, -0.1) is 0 Å². The Hall–Kier alpha value is -2.18. The maximum atomic E-state index is 13.8. The van der Waals surface area contributed by atoms with Gasteiger partial charge in [0.25, 0.3) is 5.91 Å². The molecule has 25 heavy (non-hydrogen) atoms. The summed E-state index contributed by atoms with van der Waals surface area (Å²) in [7, 11) is 0. The number of nitrogens with one attached hydrogen (secondary N) is 1. The molecule has 3 rings (SSSR count). The molecule has 0 aromatic heterocycles. The second-order valence-corrected chi connectivity index (χ2v) is 7.46. The molecule has 6 heteroatoms. The van der Waals surface area contributed by atoms with Crippen molar-refractivity contribution in [3.05, 3.63) is 69.9 Å². The first-order valence-electron chi connectivity index (χ1n) is 7.77. The molecular formula is C19H17FN2OS2. The molecule has 0 spiro atoms. The number of hydrogen-bond acceptors (Lipinski definition) is 4. The molecule has 0 unspecified atom stereocenters. The molecule has 1 heterocycles. The summed E-state index contributed by atoms with van der Waals surface area (Å²) >= 11 is 6.50. The Kier molecular flexibility index (Phi) is 5.20. The Morgan fingerprint density at radius 1 is 1.24 bits per heavy atom. The predicted octanol–water partition coefficient (Wildman–Crippen LogP) is 4.71. The van der Waals surface area contributed by atoms with Crippen molar-refractivity contribution >= 4 is 46.0 Å². The minimum absolute atomic E-state index is 0.212. The zero-order valence-electron chi connectivity index (χ0n) is 13.9. The van der Waals surface area contributed by atoms with Crippen LogP contribution in [0.25, 0.3) is 6.08 Å². The van der Waals surface area contributed by atoms with E-state index >= 15 is 0 Å². The summed E-state index contributed by atoms with van der Waals surface area (Å²) in [6, 6.07) is 12.4.